The fourth-order valence-corrected chi connectivity index (χ4v) is 0. The van der Waals surface area contributed by atoms with Crippen molar-refractivity contribution in [1.29, 1.82) is 0 Å². The summed E-state index contributed by atoms with van der Waals surface area (Å²) < 4.78 is 0. The molecule has 0 aromatic carbocycles. The summed E-state index contributed by atoms with van der Waals surface area (Å²) >= 11 is 0. The quantitative estimate of drug-likeness (QED) is 0.528. The number of hydrogen-bond donors (Lipinski definition) is 0. The average molecular weight is 331 g/mol. The second-order valence-corrected chi connectivity index (χ2v) is 0. The summed E-state index contributed by atoms with van der Waals surface area (Å²) in [6.07, 6.45) is 0. The molecule has 0 amide bonds. The summed E-state index contributed by atoms with van der Waals surface area (Å²) in [5.41, 5.74) is 0. The SMILES string of the molecule is [Bi].[Ca+2].[Cu+2].[H-].[H-].[O-2]. The van der Waals surface area contributed by atoms with Crippen molar-refractivity contribution in [2.75, 3.05) is 0 Å². The molecule has 4 radical (unpaired) electrons. The van der Waals surface area contributed by atoms with Crippen LogP contribution in [0, 0.1) is 0 Å². The average Bonchev–Trinajstić information content (AvgIpc) is 0. The molecule has 1 nitrogen and oxygen atoms in total. The zero-order valence-electron chi connectivity index (χ0n) is 3.86. The van der Waals surface area contributed by atoms with E-state index in [2.05, 4.69) is 0 Å². The first kappa shape index (κ1) is 30.4. The normalized spacial score (nSPS) is 0. The zero-order valence-corrected chi connectivity index (χ0v) is 8.49. The number of hydrogen-bond acceptors (Lipinski definition) is 0. The van der Waals surface area contributed by atoms with Gasteiger partial charge in [0.2, 0.25) is 0 Å². The molecular weight excluding hydrogens is 329 g/mol. The molecule has 0 rings (SSSR count). The van der Waals surface area contributed by atoms with E-state index in [-0.39, 0.29) is 89.3 Å². The molecule has 0 aliphatic carbocycles. The van der Waals surface area contributed by atoms with Gasteiger partial charge in [-0.05, 0) is 0 Å². The summed E-state index contributed by atoms with van der Waals surface area (Å²) in [6, 6.07) is 0. The van der Waals surface area contributed by atoms with E-state index < -0.39 is 0 Å². The van der Waals surface area contributed by atoms with Crippen molar-refractivity contribution in [2.24, 2.45) is 0 Å². The van der Waals surface area contributed by atoms with Crippen LogP contribution in [0.2, 0.25) is 0 Å². The van der Waals surface area contributed by atoms with Crippen molar-refractivity contribution in [1.82, 2.24) is 0 Å². The van der Waals surface area contributed by atoms with Crippen LogP contribution in [0.4, 0.5) is 0 Å². The maximum Gasteiger partial charge on any atom is 2.00 e. The third-order valence-electron chi connectivity index (χ3n) is 0. The topological polar surface area (TPSA) is 28.5 Å². The summed E-state index contributed by atoms with van der Waals surface area (Å²) in [7, 11) is 0. The molecule has 4 heavy (non-hydrogen) atoms. The van der Waals surface area contributed by atoms with Crippen molar-refractivity contribution in [2.45, 2.75) is 0 Å². The van der Waals surface area contributed by atoms with E-state index in [4.69, 9.17) is 0 Å². The van der Waals surface area contributed by atoms with Crippen LogP contribution in [-0.2, 0) is 22.5 Å². The minimum Gasteiger partial charge on any atom is -2.00 e. The van der Waals surface area contributed by atoms with Crippen molar-refractivity contribution in [3.63, 3.8) is 0 Å². The van der Waals surface area contributed by atoms with E-state index in [9.17, 15) is 0 Å². The van der Waals surface area contributed by atoms with Gasteiger partial charge in [0.15, 0.2) is 0 Å². The first-order chi connectivity index (χ1) is 0. The van der Waals surface area contributed by atoms with Crippen molar-refractivity contribution in [3.05, 3.63) is 0 Å². The molecule has 0 fully saturated rings. The van der Waals surface area contributed by atoms with Crippen LogP contribution in [-0.4, -0.2) is 63.9 Å². The summed E-state index contributed by atoms with van der Waals surface area (Å²) in [6.45, 7) is 0. The van der Waals surface area contributed by atoms with Gasteiger partial charge in [0.25, 0.3) is 0 Å². The third-order valence-corrected chi connectivity index (χ3v) is 0. The Hall–Kier alpha value is 2.62. The van der Waals surface area contributed by atoms with Gasteiger partial charge in [0.05, 0.1) is 0 Å². The maximum absolute atomic E-state index is 0. The Kier molecular flexibility index (Phi) is 133. The van der Waals surface area contributed by atoms with Crippen LogP contribution in [0.15, 0.2) is 0 Å². The Morgan fingerprint density at radius 2 is 1.25 bits per heavy atom. The fourth-order valence-electron chi connectivity index (χ4n) is 0. The zero-order chi connectivity index (χ0) is 0. The fraction of sp³-hybridized carbons (Fsp3) is 0. The van der Waals surface area contributed by atoms with Gasteiger partial charge in [-0.2, -0.15) is 0 Å². The second-order valence-electron chi connectivity index (χ2n) is 0. The van der Waals surface area contributed by atoms with E-state index in [1.54, 1.807) is 0 Å². The van der Waals surface area contributed by atoms with Gasteiger partial charge in [-0.3, -0.25) is 0 Å². The van der Waals surface area contributed by atoms with E-state index >= 15 is 0 Å². The third kappa shape index (κ3) is 8.82. The van der Waals surface area contributed by atoms with Crippen LogP contribution < -0.4 is 0 Å². The van der Waals surface area contributed by atoms with Gasteiger partial charge < -0.3 is 8.33 Å². The molecule has 0 saturated heterocycles. The molecule has 0 aliphatic rings. The molecular formula is H2BiCaCuO. The Morgan fingerprint density at radius 3 is 1.25 bits per heavy atom. The van der Waals surface area contributed by atoms with Crippen molar-refractivity contribution in [3.8, 4) is 0 Å². The van der Waals surface area contributed by atoms with Crippen LogP contribution in [0.3, 0.4) is 0 Å². The minimum atomic E-state index is 0. The molecule has 0 saturated carbocycles. The van der Waals surface area contributed by atoms with Crippen molar-refractivity contribution < 1.29 is 25.4 Å². The number of rotatable bonds is 0. The molecule has 0 bridgehead atoms. The molecule has 26 valence electrons. The van der Waals surface area contributed by atoms with E-state index in [1.807, 2.05) is 0 Å². The van der Waals surface area contributed by atoms with Crippen LogP contribution in [0.1, 0.15) is 2.85 Å². The first-order valence-corrected chi connectivity index (χ1v) is 0. The predicted octanol–water partition coefficient (Wildman–Crippen LogP) is -0.658. The Morgan fingerprint density at radius 1 is 1.25 bits per heavy atom. The van der Waals surface area contributed by atoms with Gasteiger partial charge in [0, 0.05) is 26.2 Å². The molecule has 0 spiro atoms. The Balaban J connectivity index is 0. The van der Waals surface area contributed by atoms with Gasteiger partial charge in [-0.25, -0.2) is 0 Å². The van der Waals surface area contributed by atoms with E-state index in [1.165, 1.54) is 0 Å². The molecule has 0 aromatic heterocycles. The summed E-state index contributed by atoms with van der Waals surface area (Å²) in [5.74, 6) is 0. The minimum absolute atomic E-state index is 0. The molecule has 0 aliphatic heterocycles. The monoisotopic (exact) mass is 330 g/mol. The van der Waals surface area contributed by atoms with E-state index in [0.29, 0.717) is 0 Å². The predicted molar refractivity (Wildman–Crippen MR) is 14.4 cm³/mol. The summed E-state index contributed by atoms with van der Waals surface area (Å²) in [5, 5.41) is 0. The molecule has 0 unspecified atom stereocenters. The Labute approximate surface area is 87.8 Å². The van der Waals surface area contributed by atoms with Crippen LogP contribution in [0.25, 0.3) is 0 Å². The van der Waals surface area contributed by atoms with Gasteiger partial charge in [0.1, 0.15) is 0 Å². The maximum atomic E-state index is 0. The molecule has 0 heterocycles. The standard InChI is InChI=1S/Bi.Ca.Cu.O.2H/q;2*+2;-2;2*-1. The van der Waals surface area contributed by atoms with Crippen LogP contribution >= 0.6 is 0 Å². The van der Waals surface area contributed by atoms with E-state index in [0.717, 1.165) is 0 Å². The second kappa shape index (κ2) is 17.5. The smallest absolute Gasteiger partial charge is 2.00 e. The van der Waals surface area contributed by atoms with Gasteiger partial charge in [-0.1, -0.05) is 0 Å². The Bertz CT molecular complexity index is 13.5. The largest absolute Gasteiger partial charge is 2.00 e. The molecule has 0 aromatic rings. The van der Waals surface area contributed by atoms with Crippen LogP contribution in [0.5, 0.6) is 0 Å². The molecule has 0 N–H and O–H groups in total. The molecule has 0 atom stereocenters. The summed E-state index contributed by atoms with van der Waals surface area (Å²) in [4.78, 5) is 0. The molecule has 4 heteroatoms. The van der Waals surface area contributed by atoms with Gasteiger partial charge in [-0.15, -0.1) is 0 Å². The first-order valence-electron chi connectivity index (χ1n) is 0. The van der Waals surface area contributed by atoms with Gasteiger partial charge >= 0.3 is 54.8 Å². The van der Waals surface area contributed by atoms with Crippen molar-refractivity contribution >= 4 is 63.9 Å².